The summed E-state index contributed by atoms with van der Waals surface area (Å²) in [5.74, 6) is 0. The maximum atomic E-state index is 5.12. The van der Waals surface area contributed by atoms with E-state index >= 15 is 0 Å². The van der Waals surface area contributed by atoms with E-state index in [1.165, 1.54) is 12.0 Å². The van der Waals surface area contributed by atoms with Crippen LogP contribution in [0.2, 0.25) is 0 Å². The molecular weight excluding hydrogens is 140 g/mol. The Morgan fingerprint density at radius 3 is 2.60 bits per heavy atom. The van der Waals surface area contributed by atoms with Gasteiger partial charge in [0.05, 0.1) is 0 Å². The molecule has 0 aliphatic heterocycles. The molecule has 0 amide bonds. The molecule has 0 aliphatic rings. The average molecular weight is 151 g/mol. The van der Waals surface area contributed by atoms with Crippen molar-refractivity contribution >= 4 is 12.6 Å². The van der Waals surface area contributed by atoms with Crippen molar-refractivity contribution in [3.63, 3.8) is 0 Å². The van der Waals surface area contributed by atoms with Gasteiger partial charge in [0, 0.05) is 4.90 Å². The zero-order valence-electron chi connectivity index (χ0n) is 6.13. The van der Waals surface area contributed by atoms with Gasteiger partial charge in [-0.05, 0) is 18.1 Å². The summed E-state index contributed by atoms with van der Waals surface area (Å²) in [5.41, 5.74) is 1.31. The van der Waals surface area contributed by atoms with Crippen molar-refractivity contribution in [2.75, 3.05) is 0 Å². The van der Waals surface area contributed by atoms with Crippen molar-refractivity contribution in [3.05, 3.63) is 29.8 Å². The minimum atomic E-state index is 1.00. The van der Waals surface area contributed by atoms with E-state index in [9.17, 15) is 0 Å². The Kier molecular flexibility index (Phi) is 2.69. The molecule has 0 heterocycles. The van der Waals surface area contributed by atoms with E-state index in [4.69, 9.17) is 12.6 Å². The number of benzene rings is 1. The Hall–Kier alpha value is -0.560. The molecule has 0 atom stereocenters. The summed E-state index contributed by atoms with van der Waals surface area (Å²) in [6.45, 7) is 2.17. The highest BCUT2D eigenvalue weighted by atomic mass is 32.1. The van der Waals surface area contributed by atoms with Gasteiger partial charge in [-0.2, -0.15) is 0 Å². The van der Waals surface area contributed by atoms with Crippen LogP contribution >= 0.6 is 12.6 Å². The van der Waals surface area contributed by atoms with Crippen LogP contribution in [0.25, 0.3) is 0 Å². The van der Waals surface area contributed by atoms with Crippen molar-refractivity contribution in [2.24, 2.45) is 0 Å². The molecule has 0 saturated heterocycles. The normalized spacial score (nSPS) is 9.70. The van der Waals surface area contributed by atoms with Crippen LogP contribution in [0, 0.1) is 0 Å². The highest BCUT2D eigenvalue weighted by molar-refractivity contribution is 7.80. The lowest BCUT2D eigenvalue weighted by Gasteiger charge is -1.99. The molecule has 1 rings (SSSR count). The van der Waals surface area contributed by atoms with Gasteiger partial charge in [0.15, 0.2) is 0 Å². The molecule has 0 nitrogen and oxygen atoms in total. The second-order valence-corrected chi connectivity index (χ2v) is 2.80. The lowest BCUT2D eigenvalue weighted by Crippen LogP contribution is -1.83. The van der Waals surface area contributed by atoms with E-state index in [0.717, 1.165) is 11.3 Å². The van der Waals surface area contributed by atoms with Crippen molar-refractivity contribution in [3.8, 4) is 0 Å². The number of hydrogen-bond acceptors (Lipinski definition) is 0. The van der Waals surface area contributed by atoms with Crippen LogP contribution in [0.3, 0.4) is 0 Å². The third-order valence-corrected chi connectivity index (χ3v) is 1.89. The summed E-state index contributed by atoms with van der Waals surface area (Å²) in [4.78, 5) is 1.00. The van der Waals surface area contributed by atoms with Gasteiger partial charge in [0.25, 0.3) is 0 Å². The van der Waals surface area contributed by atoms with Crippen LogP contribution in [-0.4, -0.2) is 0 Å². The van der Waals surface area contributed by atoms with Gasteiger partial charge in [-0.15, -0.1) is 0 Å². The van der Waals surface area contributed by atoms with E-state index in [-0.39, 0.29) is 0 Å². The number of hydrogen-bond donors (Lipinski definition) is 0. The maximum absolute atomic E-state index is 5.12. The quantitative estimate of drug-likeness (QED) is 0.609. The van der Waals surface area contributed by atoms with Crippen LogP contribution in [0.1, 0.15) is 18.9 Å². The van der Waals surface area contributed by atoms with E-state index in [2.05, 4.69) is 13.0 Å². The maximum Gasteiger partial charge on any atom is 0.0409 e. The highest BCUT2D eigenvalue weighted by Crippen LogP contribution is 2.13. The predicted octanol–water partition coefficient (Wildman–Crippen LogP) is 3.20. The summed E-state index contributed by atoms with van der Waals surface area (Å²) >= 11 is 5.12. The fourth-order valence-corrected chi connectivity index (χ4v) is 1.23. The lowest BCUT2D eigenvalue weighted by molar-refractivity contribution is 0.901. The number of rotatable bonds is 2. The van der Waals surface area contributed by atoms with Crippen molar-refractivity contribution in [1.29, 1.82) is 0 Å². The van der Waals surface area contributed by atoms with Gasteiger partial charge in [-0.3, -0.25) is 0 Å². The Morgan fingerprint density at radius 2 is 2.00 bits per heavy atom. The van der Waals surface area contributed by atoms with Gasteiger partial charge < -0.3 is 0 Å². The molecule has 1 aromatic carbocycles. The smallest absolute Gasteiger partial charge is 0.0409 e. The van der Waals surface area contributed by atoms with E-state index in [0.29, 0.717) is 0 Å². The first kappa shape index (κ1) is 7.55. The predicted molar refractivity (Wildman–Crippen MR) is 46.3 cm³/mol. The third-order valence-electron chi connectivity index (χ3n) is 1.49. The molecule has 1 radical (unpaired) electrons. The third kappa shape index (κ3) is 1.71. The van der Waals surface area contributed by atoms with E-state index in [1.807, 2.05) is 18.2 Å². The van der Waals surface area contributed by atoms with Crippen LogP contribution in [0.4, 0.5) is 0 Å². The molecule has 0 spiro atoms. The molecule has 0 unspecified atom stereocenters. The Labute approximate surface area is 67.7 Å². The Balaban J connectivity index is 2.81. The van der Waals surface area contributed by atoms with Gasteiger partial charge in [0.2, 0.25) is 0 Å². The van der Waals surface area contributed by atoms with E-state index < -0.39 is 0 Å². The molecule has 1 heteroatoms. The standard InChI is InChI=1S/C9H11S/c1-2-5-8-6-3-4-7-9(8)10/h3-4,6-7H,2,5H2,1H3. The zero-order chi connectivity index (χ0) is 7.40. The summed E-state index contributed by atoms with van der Waals surface area (Å²) < 4.78 is 0. The second-order valence-electron chi connectivity index (χ2n) is 2.36. The summed E-state index contributed by atoms with van der Waals surface area (Å²) in [6.07, 6.45) is 2.29. The number of aryl methyl sites for hydroxylation is 1. The molecule has 0 bridgehead atoms. The average Bonchev–Trinajstić information content (AvgIpc) is 1.94. The first-order chi connectivity index (χ1) is 4.84. The van der Waals surface area contributed by atoms with Crippen LogP contribution in [0.15, 0.2) is 29.2 Å². The van der Waals surface area contributed by atoms with Gasteiger partial charge in [0.1, 0.15) is 0 Å². The summed E-state index contributed by atoms with van der Waals surface area (Å²) in [5, 5.41) is 0. The molecular formula is C9H11S. The molecule has 0 N–H and O–H groups in total. The molecule has 53 valence electrons. The monoisotopic (exact) mass is 151 g/mol. The fourth-order valence-electron chi connectivity index (χ4n) is 0.980. The van der Waals surface area contributed by atoms with Crippen molar-refractivity contribution in [1.82, 2.24) is 0 Å². The minimum Gasteiger partial charge on any atom is -0.0798 e. The molecule has 10 heavy (non-hydrogen) atoms. The molecule has 0 fully saturated rings. The molecule has 1 aromatic rings. The Bertz CT molecular complexity index is 206. The first-order valence-corrected chi connectivity index (χ1v) is 4.00. The topological polar surface area (TPSA) is 0 Å². The molecule has 0 aromatic heterocycles. The highest BCUT2D eigenvalue weighted by Gasteiger charge is 1.94. The van der Waals surface area contributed by atoms with E-state index in [1.54, 1.807) is 0 Å². The van der Waals surface area contributed by atoms with Crippen molar-refractivity contribution in [2.45, 2.75) is 24.7 Å². The van der Waals surface area contributed by atoms with Crippen molar-refractivity contribution < 1.29 is 0 Å². The second kappa shape index (κ2) is 3.57. The lowest BCUT2D eigenvalue weighted by atomic mass is 10.1. The first-order valence-electron chi connectivity index (χ1n) is 3.59. The fraction of sp³-hybridized carbons (Fsp3) is 0.333. The van der Waals surface area contributed by atoms with Gasteiger partial charge >= 0.3 is 0 Å². The van der Waals surface area contributed by atoms with Crippen LogP contribution in [-0.2, 0) is 6.42 Å². The summed E-state index contributed by atoms with van der Waals surface area (Å²) in [7, 11) is 0. The molecule has 0 saturated carbocycles. The Morgan fingerprint density at radius 1 is 1.30 bits per heavy atom. The minimum absolute atomic E-state index is 1.00. The van der Waals surface area contributed by atoms with Crippen LogP contribution in [0.5, 0.6) is 0 Å². The van der Waals surface area contributed by atoms with Crippen LogP contribution < -0.4 is 0 Å². The zero-order valence-corrected chi connectivity index (χ0v) is 6.95. The largest absolute Gasteiger partial charge is 0.0798 e. The SMILES string of the molecule is CCCc1ccccc1[S]. The van der Waals surface area contributed by atoms with Gasteiger partial charge in [-0.25, -0.2) is 0 Å². The van der Waals surface area contributed by atoms with Gasteiger partial charge in [-0.1, -0.05) is 44.2 Å². The molecule has 0 aliphatic carbocycles. The summed E-state index contributed by atoms with van der Waals surface area (Å²) in [6, 6.07) is 8.12.